The molecule has 1 aliphatic rings. The van der Waals surface area contributed by atoms with Crippen molar-refractivity contribution < 1.29 is 13.2 Å². The molecule has 1 aliphatic heterocycles. The molecule has 1 fully saturated rings. The Labute approximate surface area is 149 Å². The Morgan fingerprint density at radius 1 is 1.38 bits per heavy atom. The maximum Gasteiger partial charge on any atom is 0.223 e. The third-order valence-corrected chi connectivity index (χ3v) is 6.54. The molecule has 24 heavy (non-hydrogen) atoms. The normalized spacial score (nSPS) is 18.3. The fourth-order valence-corrected chi connectivity index (χ4v) is 4.55. The van der Waals surface area contributed by atoms with Crippen molar-refractivity contribution >= 4 is 27.5 Å². The van der Waals surface area contributed by atoms with Crippen LogP contribution in [0.15, 0.2) is 24.3 Å². The highest BCUT2D eigenvalue weighted by atomic mass is 35.5. The van der Waals surface area contributed by atoms with Gasteiger partial charge in [-0.3, -0.25) is 4.79 Å². The first-order chi connectivity index (χ1) is 11.3. The number of sulfonamides is 1. The van der Waals surface area contributed by atoms with Crippen molar-refractivity contribution in [1.29, 1.82) is 0 Å². The lowest BCUT2D eigenvalue weighted by Gasteiger charge is -2.31. The second-order valence-electron chi connectivity index (χ2n) is 6.38. The monoisotopic (exact) mass is 372 g/mol. The van der Waals surface area contributed by atoms with Gasteiger partial charge >= 0.3 is 0 Å². The summed E-state index contributed by atoms with van der Waals surface area (Å²) in [5, 5.41) is 3.51. The summed E-state index contributed by atoms with van der Waals surface area (Å²) in [5.74, 6) is -0.120. The van der Waals surface area contributed by atoms with Crippen LogP contribution in [0.4, 0.5) is 0 Å². The lowest BCUT2D eigenvalue weighted by molar-refractivity contribution is -0.126. The number of benzene rings is 1. The van der Waals surface area contributed by atoms with Crippen molar-refractivity contribution in [2.75, 3.05) is 13.1 Å². The van der Waals surface area contributed by atoms with E-state index in [0.717, 1.165) is 6.42 Å². The number of carbonyl (C=O) groups excluding carboxylic acids is 1. The van der Waals surface area contributed by atoms with E-state index in [2.05, 4.69) is 5.32 Å². The standard InChI is InChI=1S/C17H25ClN2O3S/c1-3-13(2)19-17(21)15-7-9-20(10-8-15)24(22,23)12-14-5-4-6-16(18)11-14/h4-6,11,13,15H,3,7-10,12H2,1-2H3,(H,19,21)/t13-/m1/s1. The van der Waals surface area contributed by atoms with E-state index >= 15 is 0 Å². The van der Waals surface area contributed by atoms with Gasteiger partial charge < -0.3 is 5.32 Å². The van der Waals surface area contributed by atoms with Gasteiger partial charge in [-0.05, 0) is 43.9 Å². The van der Waals surface area contributed by atoms with E-state index in [1.165, 1.54) is 4.31 Å². The Morgan fingerprint density at radius 2 is 2.04 bits per heavy atom. The van der Waals surface area contributed by atoms with E-state index in [1.54, 1.807) is 24.3 Å². The smallest absolute Gasteiger partial charge is 0.223 e. The summed E-state index contributed by atoms with van der Waals surface area (Å²) in [7, 11) is -3.39. The quantitative estimate of drug-likeness (QED) is 0.834. The SMILES string of the molecule is CC[C@@H](C)NC(=O)C1CCN(S(=O)(=O)Cc2cccc(Cl)c2)CC1. The zero-order valence-electron chi connectivity index (χ0n) is 14.2. The molecule has 1 aromatic carbocycles. The van der Waals surface area contributed by atoms with E-state index in [9.17, 15) is 13.2 Å². The van der Waals surface area contributed by atoms with Gasteiger partial charge in [0.05, 0.1) is 5.75 Å². The van der Waals surface area contributed by atoms with Crippen LogP contribution in [0.25, 0.3) is 0 Å². The molecule has 5 nitrogen and oxygen atoms in total. The Balaban J connectivity index is 1.92. The number of piperidine rings is 1. The highest BCUT2D eigenvalue weighted by Gasteiger charge is 2.31. The van der Waals surface area contributed by atoms with Crippen LogP contribution in [0.5, 0.6) is 0 Å². The molecule has 134 valence electrons. The maximum atomic E-state index is 12.5. The van der Waals surface area contributed by atoms with Crippen molar-refractivity contribution in [3.05, 3.63) is 34.9 Å². The summed E-state index contributed by atoms with van der Waals surface area (Å²) < 4.78 is 26.6. The predicted molar refractivity (Wildman–Crippen MR) is 96.3 cm³/mol. The molecule has 0 spiro atoms. The minimum absolute atomic E-state index is 0.0382. The number of nitrogens with one attached hydrogen (secondary N) is 1. The fraction of sp³-hybridized carbons (Fsp3) is 0.588. The van der Waals surface area contributed by atoms with Crippen LogP contribution >= 0.6 is 11.6 Å². The van der Waals surface area contributed by atoms with Gasteiger partial charge in [0.25, 0.3) is 0 Å². The third-order valence-electron chi connectivity index (χ3n) is 4.46. The molecule has 0 unspecified atom stereocenters. The Bertz CT molecular complexity index is 670. The molecule has 0 radical (unpaired) electrons. The van der Waals surface area contributed by atoms with Crippen LogP contribution in [0, 0.1) is 5.92 Å². The summed E-state index contributed by atoms with van der Waals surface area (Å²) in [4.78, 5) is 12.2. The van der Waals surface area contributed by atoms with Gasteiger partial charge in [-0.15, -0.1) is 0 Å². The highest BCUT2D eigenvalue weighted by Crippen LogP contribution is 2.23. The van der Waals surface area contributed by atoms with Crippen LogP contribution < -0.4 is 5.32 Å². The number of hydrogen-bond acceptors (Lipinski definition) is 3. The summed E-state index contributed by atoms with van der Waals surface area (Å²) in [6, 6.07) is 7.06. The number of rotatable bonds is 6. The average Bonchev–Trinajstić information content (AvgIpc) is 2.54. The first-order valence-corrected chi connectivity index (χ1v) is 10.3. The zero-order valence-corrected chi connectivity index (χ0v) is 15.7. The number of halogens is 1. The maximum absolute atomic E-state index is 12.5. The molecule has 1 atom stereocenters. The number of carbonyl (C=O) groups is 1. The van der Waals surface area contributed by atoms with Crippen molar-refractivity contribution in [2.24, 2.45) is 5.92 Å². The molecule has 1 heterocycles. The molecule has 1 saturated heterocycles. The highest BCUT2D eigenvalue weighted by molar-refractivity contribution is 7.88. The van der Waals surface area contributed by atoms with E-state index in [-0.39, 0.29) is 23.6 Å². The summed E-state index contributed by atoms with van der Waals surface area (Å²) in [6.45, 7) is 4.78. The zero-order chi connectivity index (χ0) is 17.7. The van der Waals surface area contributed by atoms with Crippen LogP contribution in [-0.4, -0.2) is 37.8 Å². The summed E-state index contributed by atoms with van der Waals surface area (Å²) in [6.07, 6.45) is 2.02. The second kappa shape index (κ2) is 8.32. The van der Waals surface area contributed by atoms with E-state index in [4.69, 9.17) is 11.6 Å². The first-order valence-electron chi connectivity index (χ1n) is 8.34. The number of amides is 1. The molecule has 0 bridgehead atoms. The molecular formula is C17H25ClN2O3S. The molecule has 0 aliphatic carbocycles. The second-order valence-corrected chi connectivity index (χ2v) is 8.78. The minimum atomic E-state index is -3.39. The number of hydrogen-bond donors (Lipinski definition) is 1. The van der Waals surface area contributed by atoms with Crippen LogP contribution in [0.1, 0.15) is 38.7 Å². The topological polar surface area (TPSA) is 66.5 Å². The van der Waals surface area contributed by atoms with Gasteiger partial charge in [0.2, 0.25) is 15.9 Å². The lowest BCUT2D eigenvalue weighted by atomic mass is 9.97. The van der Waals surface area contributed by atoms with Gasteiger partial charge in [0.15, 0.2) is 0 Å². The van der Waals surface area contributed by atoms with Crippen molar-refractivity contribution in [3.8, 4) is 0 Å². The Hall–Kier alpha value is -1.11. The molecular weight excluding hydrogens is 348 g/mol. The molecule has 1 amide bonds. The molecule has 0 aromatic heterocycles. The van der Waals surface area contributed by atoms with Crippen molar-refractivity contribution in [2.45, 2.75) is 44.9 Å². The van der Waals surface area contributed by atoms with Gasteiger partial charge in [0, 0.05) is 30.1 Å². The summed E-state index contributed by atoms with van der Waals surface area (Å²) >= 11 is 5.91. The fourth-order valence-electron chi connectivity index (χ4n) is 2.79. The summed E-state index contributed by atoms with van der Waals surface area (Å²) in [5.41, 5.74) is 0.680. The van der Waals surface area contributed by atoms with Gasteiger partial charge in [-0.1, -0.05) is 30.7 Å². The Kier molecular flexibility index (Phi) is 6.66. The van der Waals surface area contributed by atoms with Crippen molar-refractivity contribution in [1.82, 2.24) is 9.62 Å². The molecule has 1 aromatic rings. The van der Waals surface area contributed by atoms with E-state index < -0.39 is 10.0 Å². The van der Waals surface area contributed by atoms with Gasteiger partial charge in [-0.2, -0.15) is 0 Å². The van der Waals surface area contributed by atoms with Gasteiger partial charge in [0.1, 0.15) is 0 Å². The molecule has 7 heteroatoms. The minimum Gasteiger partial charge on any atom is -0.353 e. The molecule has 0 saturated carbocycles. The van der Waals surface area contributed by atoms with Crippen LogP contribution in [-0.2, 0) is 20.6 Å². The van der Waals surface area contributed by atoms with Gasteiger partial charge in [-0.25, -0.2) is 12.7 Å². The van der Waals surface area contributed by atoms with Crippen LogP contribution in [0.3, 0.4) is 0 Å². The third kappa shape index (κ3) is 5.19. The predicted octanol–water partition coefficient (Wildman–Crippen LogP) is 2.80. The van der Waals surface area contributed by atoms with E-state index in [1.807, 2.05) is 13.8 Å². The average molecular weight is 373 g/mol. The molecule has 1 N–H and O–H groups in total. The first kappa shape index (κ1) is 19.2. The Morgan fingerprint density at radius 3 is 2.62 bits per heavy atom. The number of nitrogens with zero attached hydrogens (tertiary/aromatic N) is 1. The van der Waals surface area contributed by atoms with Crippen LogP contribution in [0.2, 0.25) is 5.02 Å². The largest absolute Gasteiger partial charge is 0.353 e. The van der Waals surface area contributed by atoms with Crippen molar-refractivity contribution in [3.63, 3.8) is 0 Å². The molecule has 2 rings (SSSR count). The lowest BCUT2D eigenvalue weighted by Crippen LogP contribution is -2.44. The van der Waals surface area contributed by atoms with E-state index in [0.29, 0.717) is 36.5 Å².